The smallest absolute Gasteiger partial charge is 0.220 e. The summed E-state index contributed by atoms with van der Waals surface area (Å²) in [7, 11) is -1.31. The van der Waals surface area contributed by atoms with Crippen LogP contribution in [-0.2, 0) is 15.8 Å². The average Bonchev–Trinajstić information content (AvgIpc) is 2.74. The van der Waals surface area contributed by atoms with E-state index in [0.29, 0.717) is 37.3 Å². The van der Waals surface area contributed by atoms with Crippen molar-refractivity contribution in [3.05, 3.63) is 52.6 Å². The molecule has 2 N–H and O–H groups in total. The quantitative estimate of drug-likeness (QED) is 0.333. The fourth-order valence-corrected chi connectivity index (χ4v) is 5.19. The Balaban J connectivity index is 1.95. The molecule has 1 amide bonds. The topological polar surface area (TPSA) is 58.2 Å². The monoisotopic (exact) mass is 444 g/mol. The number of allylic oxidation sites excluding steroid dienone is 4. The van der Waals surface area contributed by atoms with E-state index in [9.17, 15) is 9.00 Å². The summed E-state index contributed by atoms with van der Waals surface area (Å²) in [5.74, 6) is 1.07. The molecule has 1 aliphatic carbocycles. The molecular weight excluding hydrogens is 404 g/mol. The molecule has 0 radical (unpaired) electrons. The van der Waals surface area contributed by atoms with E-state index in [4.69, 9.17) is 0 Å². The molecule has 0 spiro atoms. The minimum absolute atomic E-state index is 0.0510. The molecule has 0 saturated carbocycles. The minimum atomic E-state index is -1.31. The Kier molecular flexibility index (Phi) is 10.2. The van der Waals surface area contributed by atoms with Gasteiger partial charge in [0.15, 0.2) is 0 Å². The zero-order valence-corrected chi connectivity index (χ0v) is 20.9. The molecule has 172 valence electrons. The molecule has 2 rings (SSSR count). The second-order valence-electron chi connectivity index (χ2n) is 9.28. The lowest BCUT2D eigenvalue weighted by Gasteiger charge is -2.22. The van der Waals surface area contributed by atoms with Gasteiger partial charge in [0, 0.05) is 19.5 Å². The Labute approximate surface area is 191 Å². The van der Waals surface area contributed by atoms with Crippen molar-refractivity contribution in [3.63, 3.8) is 0 Å². The second-order valence-corrected chi connectivity index (χ2v) is 10.5. The predicted molar refractivity (Wildman–Crippen MR) is 132 cm³/mol. The van der Waals surface area contributed by atoms with Gasteiger partial charge in [0.25, 0.3) is 0 Å². The third-order valence-corrected chi connectivity index (χ3v) is 7.02. The molecule has 4 nitrogen and oxygen atoms in total. The Morgan fingerprint density at radius 3 is 2.13 bits per heavy atom. The van der Waals surface area contributed by atoms with Gasteiger partial charge in [-0.2, -0.15) is 0 Å². The van der Waals surface area contributed by atoms with E-state index in [1.807, 2.05) is 0 Å². The molecule has 1 aromatic rings. The Hall–Kier alpha value is -1.72. The molecule has 1 unspecified atom stereocenters. The lowest BCUT2D eigenvalue weighted by Crippen LogP contribution is -2.33. The number of benzene rings is 1. The summed E-state index contributed by atoms with van der Waals surface area (Å²) in [5, 5.41) is 2.95. The van der Waals surface area contributed by atoms with E-state index in [2.05, 4.69) is 81.9 Å². The first kappa shape index (κ1) is 25.5. The van der Waals surface area contributed by atoms with Crippen molar-refractivity contribution in [2.45, 2.75) is 89.9 Å². The largest absolute Gasteiger partial charge is 0.355 e. The fourth-order valence-electron chi connectivity index (χ4n) is 3.74. The molecule has 1 atom stereocenters. The Morgan fingerprint density at radius 1 is 0.968 bits per heavy atom. The Morgan fingerprint density at radius 2 is 1.61 bits per heavy atom. The maximum absolute atomic E-state index is 13.2. The van der Waals surface area contributed by atoms with Crippen LogP contribution in [0, 0.1) is 0 Å². The molecule has 31 heavy (non-hydrogen) atoms. The van der Waals surface area contributed by atoms with Crippen molar-refractivity contribution in [2.75, 3.05) is 13.1 Å². The third-order valence-electron chi connectivity index (χ3n) is 5.71. The van der Waals surface area contributed by atoms with Crippen molar-refractivity contribution in [2.24, 2.45) is 0 Å². The number of hydrogen-bond acceptors (Lipinski definition) is 2. The highest BCUT2D eigenvalue weighted by Crippen LogP contribution is 2.33. The van der Waals surface area contributed by atoms with Gasteiger partial charge in [0.1, 0.15) is 11.0 Å². The lowest BCUT2D eigenvalue weighted by molar-refractivity contribution is -0.121. The lowest BCUT2D eigenvalue weighted by atomic mass is 9.89. The van der Waals surface area contributed by atoms with Gasteiger partial charge in [-0.05, 0) is 53.7 Å². The molecule has 0 fully saturated rings. The summed E-state index contributed by atoms with van der Waals surface area (Å²) >= 11 is 0. The van der Waals surface area contributed by atoms with Gasteiger partial charge < -0.3 is 5.32 Å². The van der Waals surface area contributed by atoms with Crippen molar-refractivity contribution in [1.29, 1.82) is 0 Å². The van der Waals surface area contributed by atoms with E-state index in [-0.39, 0.29) is 5.91 Å². The second kappa shape index (κ2) is 12.4. The van der Waals surface area contributed by atoms with Crippen LogP contribution >= 0.6 is 0 Å². The number of nitrogens with one attached hydrogen (secondary N) is 2. The van der Waals surface area contributed by atoms with Gasteiger partial charge in [0.05, 0.1) is 4.90 Å². The van der Waals surface area contributed by atoms with Gasteiger partial charge in [-0.15, -0.1) is 0 Å². The van der Waals surface area contributed by atoms with Gasteiger partial charge >= 0.3 is 0 Å². The molecule has 0 saturated heterocycles. The van der Waals surface area contributed by atoms with Crippen LogP contribution in [0.2, 0.25) is 0 Å². The summed E-state index contributed by atoms with van der Waals surface area (Å²) in [5.41, 5.74) is 4.94. The van der Waals surface area contributed by atoms with E-state index < -0.39 is 11.0 Å². The Bertz CT molecular complexity index is 809. The van der Waals surface area contributed by atoms with Crippen LogP contribution in [-0.4, -0.2) is 23.2 Å². The van der Waals surface area contributed by atoms with E-state index in [1.165, 1.54) is 11.1 Å². The van der Waals surface area contributed by atoms with Gasteiger partial charge in [-0.3, -0.25) is 4.79 Å². The fraction of sp³-hybridized carbons (Fsp3) is 0.577. The average molecular weight is 445 g/mol. The molecular formula is C26H40N2O2S. The first-order valence-electron chi connectivity index (χ1n) is 11.6. The van der Waals surface area contributed by atoms with Crippen LogP contribution < -0.4 is 10.0 Å². The number of hydrogen-bond donors (Lipinski definition) is 2. The molecule has 1 aromatic carbocycles. The highest BCUT2D eigenvalue weighted by Gasteiger charge is 2.21. The molecule has 0 aromatic heterocycles. The predicted octanol–water partition coefficient (Wildman–Crippen LogP) is 5.84. The third kappa shape index (κ3) is 7.73. The SMILES string of the molecule is CC(C)c1cc(C(C)C)c(S(=O)NCCNC(=O)CCC2=CCC=CC2)c(C(C)C)c1. The minimum Gasteiger partial charge on any atom is -0.355 e. The number of amides is 1. The van der Waals surface area contributed by atoms with Crippen molar-refractivity contribution >= 4 is 16.9 Å². The maximum atomic E-state index is 13.2. The van der Waals surface area contributed by atoms with Gasteiger partial charge in [-0.25, -0.2) is 8.93 Å². The van der Waals surface area contributed by atoms with Crippen molar-refractivity contribution in [1.82, 2.24) is 10.0 Å². The van der Waals surface area contributed by atoms with Crippen LogP contribution in [0.25, 0.3) is 0 Å². The first-order chi connectivity index (χ1) is 14.7. The zero-order chi connectivity index (χ0) is 23.0. The maximum Gasteiger partial charge on any atom is 0.220 e. The summed E-state index contributed by atoms with van der Waals surface area (Å²) in [6, 6.07) is 4.43. The normalized spacial score (nSPS) is 14.9. The summed E-state index contributed by atoms with van der Waals surface area (Å²) in [6.45, 7) is 14.0. The van der Waals surface area contributed by atoms with Crippen LogP contribution in [0.4, 0.5) is 0 Å². The van der Waals surface area contributed by atoms with Crippen LogP contribution in [0.1, 0.15) is 102 Å². The van der Waals surface area contributed by atoms with Gasteiger partial charge in [0.2, 0.25) is 5.91 Å². The van der Waals surface area contributed by atoms with Gasteiger partial charge in [-0.1, -0.05) is 77.5 Å². The van der Waals surface area contributed by atoms with Crippen LogP contribution in [0.3, 0.4) is 0 Å². The number of carbonyl (C=O) groups excluding carboxylic acids is 1. The van der Waals surface area contributed by atoms with Crippen molar-refractivity contribution < 1.29 is 9.00 Å². The highest BCUT2D eigenvalue weighted by molar-refractivity contribution is 7.83. The van der Waals surface area contributed by atoms with Crippen LogP contribution in [0.5, 0.6) is 0 Å². The standard InChI is InChI=1S/C26H40N2O2S/c1-18(2)22-16-23(19(3)4)26(24(17-22)20(5)6)31(30)28-15-14-27-25(29)13-12-21-10-8-7-9-11-21/h7-8,11,16-20,28H,9-10,12-15H2,1-6H3,(H,27,29). The molecule has 1 aliphatic rings. The molecule has 0 heterocycles. The molecule has 0 bridgehead atoms. The summed E-state index contributed by atoms with van der Waals surface area (Å²) in [6.07, 6.45) is 9.78. The summed E-state index contributed by atoms with van der Waals surface area (Å²) in [4.78, 5) is 13.0. The number of rotatable bonds is 11. The van der Waals surface area contributed by atoms with E-state index >= 15 is 0 Å². The van der Waals surface area contributed by atoms with E-state index in [1.54, 1.807) is 0 Å². The zero-order valence-electron chi connectivity index (χ0n) is 20.1. The molecule has 5 heteroatoms. The summed E-state index contributed by atoms with van der Waals surface area (Å²) < 4.78 is 16.4. The highest BCUT2D eigenvalue weighted by atomic mass is 32.2. The van der Waals surface area contributed by atoms with Crippen LogP contribution in [0.15, 0.2) is 40.8 Å². The van der Waals surface area contributed by atoms with E-state index in [0.717, 1.165) is 35.3 Å². The first-order valence-corrected chi connectivity index (χ1v) is 12.8. The molecule has 0 aliphatic heterocycles. The number of carbonyl (C=O) groups is 1. The van der Waals surface area contributed by atoms with Crippen molar-refractivity contribution in [3.8, 4) is 0 Å².